The largest absolute Gasteiger partial charge is 0.338 e. The summed E-state index contributed by atoms with van der Waals surface area (Å²) in [5.41, 5.74) is 1.94. The van der Waals surface area contributed by atoms with E-state index < -0.39 is 23.1 Å². The average molecular weight is 437 g/mol. The standard InChI is InChI=1S/C25H26F2N4O/c1-25(2,3)24-29-14-18(16-9-11-28-12-10-16)22(30-24)17-6-5-13-31(15-17)23(32)21-19(26)7-4-8-20(21)27/h4,7-12,14,17H,5-6,13,15H2,1-3H3. The van der Waals surface area contributed by atoms with Crippen LogP contribution in [0.3, 0.4) is 0 Å². The number of piperidine rings is 1. The summed E-state index contributed by atoms with van der Waals surface area (Å²) in [4.78, 5) is 28.2. The van der Waals surface area contributed by atoms with Crippen LogP contribution in [0.25, 0.3) is 11.1 Å². The van der Waals surface area contributed by atoms with Gasteiger partial charge in [-0.15, -0.1) is 0 Å². The van der Waals surface area contributed by atoms with E-state index in [1.165, 1.54) is 11.0 Å². The third kappa shape index (κ3) is 4.38. The first-order valence-electron chi connectivity index (χ1n) is 10.8. The van der Waals surface area contributed by atoms with E-state index in [2.05, 4.69) is 30.7 Å². The summed E-state index contributed by atoms with van der Waals surface area (Å²) < 4.78 is 28.5. The van der Waals surface area contributed by atoms with Crippen molar-refractivity contribution >= 4 is 5.91 Å². The normalized spacial score (nSPS) is 16.8. The summed E-state index contributed by atoms with van der Waals surface area (Å²) in [6, 6.07) is 7.29. The van der Waals surface area contributed by atoms with Gasteiger partial charge in [0.15, 0.2) is 0 Å². The van der Waals surface area contributed by atoms with Crippen LogP contribution in [-0.4, -0.2) is 38.8 Å². The molecule has 7 heteroatoms. The number of likely N-dealkylation sites (tertiary alicyclic amines) is 1. The van der Waals surface area contributed by atoms with Crippen molar-refractivity contribution in [2.45, 2.75) is 44.9 Å². The van der Waals surface area contributed by atoms with Gasteiger partial charge in [-0.25, -0.2) is 18.7 Å². The first-order valence-corrected chi connectivity index (χ1v) is 10.8. The zero-order valence-electron chi connectivity index (χ0n) is 18.5. The molecule has 1 aliphatic rings. The van der Waals surface area contributed by atoms with Gasteiger partial charge in [0.05, 0.1) is 5.69 Å². The Morgan fingerprint density at radius 2 is 1.78 bits per heavy atom. The molecule has 1 saturated heterocycles. The molecule has 2 aromatic heterocycles. The highest BCUT2D eigenvalue weighted by molar-refractivity contribution is 5.95. The number of benzene rings is 1. The number of nitrogens with zero attached hydrogens (tertiary/aromatic N) is 4. The van der Waals surface area contributed by atoms with E-state index >= 15 is 0 Å². The first kappa shape index (κ1) is 22.0. The number of amides is 1. The van der Waals surface area contributed by atoms with Gasteiger partial charge in [-0.1, -0.05) is 26.8 Å². The average Bonchev–Trinajstić information content (AvgIpc) is 2.78. The van der Waals surface area contributed by atoms with E-state index in [1.54, 1.807) is 12.4 Å². The third-order valence-electron chi connectivity index (χ3n) is 5.75. The van der Waals surface area contributed by atoms with Crippen LogP contribution in [0.15, 0.2) is 48.9 Å². The molecule has 1 atom stereocenters. The highest BCUT2D eigenvalue weighted by Gasteiger charge is 2.31. The van der Waals surface area contributed by atoms with E-state index in [-0.39, 0.29) is 11.3 Å². The minimum absolute atomic E-state index is 0.0743. The van der Waals surface area contributed by atoms with Crippen molar-refractivity contribution < 1.29 is 13.6 Å². The van der Waals surface area contributed by atoms with E-state index in [1.807, 2.05) is 18.3 Å². The van der Waals surface area contributed by atoms with E-state index in [0.717, 1.165) is 41.8 Å². The summed E-state index contributed by atoms with van der Waals surface area (Å²) in [6.45, 7) is 6.94. The maximum Gasteiger partial charge on any atom is 0.259 e. The van der Waals surface area contributed by atoms with Gasteiger partial charge in [0.25, 0.3) is 5.91 Å². The van der Waals surface area contributed by atoms with Crippen molar-refractivity contribution in [3.63, 3.8) is 0 Å². The van der Waals surface area contributed by atoms with Crippen molar-refractivity contribution in [1.29, 1.82) is 0 Å². The number of hydrogen-bond acceptors (Lipinski definition) is 4. The lowest BCUT2D eigenvalue weighted by atomic mass is 9.88. The molecule has 1 unspecified atom stereocenters. The zero-order valence-corrected chi connectivity index (χ0v) is 18.5. The lowest BCUT2D eigenvalue weighted by Crippen LogP contribution is -2.40. The molecule has 0 radical (unpaired) electrons. The number of aromatic nitrogens is 3. The molecule has 32 heavy (non-hydrogen) atoms. The molecule has 0 N–H and O–H groups in total. The molecule has 0 aliphatic carbocycles. The SMILES string of the molecule is CC(C)(C)c1ncc(-c2ccncc2)c(C2CCCN(C(=O)c3c(F)cccc3F)C2)n1. The van der Waals surface area contributed by atoms with Crippen LogP contribution in [0.5, 0.6) is 0 Å². The van der Waals surface area contributed by atoms with Crippen LogP contribution < -0.4 is 0 Å². The molecular weight excluding hydrogens is 410 g/mol. The molecule has 0 bridgehead atoms. The van der Waals surface area contributed by atoms with Crippen molar-refractivity contribution in [3.8, 4) is 11.1 Å². The van der Waals surface area contributed by atoms with Crippen LogP contribution in [0.2, 0.25) is 0 Å². The summed E-state index contributed by atoms with van der Waals surface area (Å²) in [6.07, 6.45) is 6.80. The molecule has 3 heterocycles. The van der Waals surface area contributed by atoms with Gasteiger partial charge >= 0.3 is 0 Å². The van der Waals surface area contributed by atoms with Gasteiger partial charge in [-0.3, -0.25) is 9.78 Å². The second-order valence-electron chi connectivity index (χ2n) is 9.17. The molecule has 1 amide bonds. The quantitative estimate of drug-likeness (QED) is 0.571. The summed E-state index contributed by atoms with van der Waals surface area (Å²) in [7, 11) is 0. The van der Waals surface area contributed by atoms with E-state index in [0.29, 0.717) is 18.9 Å². The van der Waals surface area contributed by atoms with Crippen molar-refractivity contribution in [1.82, 2.24) is 19.9 Å². The maximum atomic E-state index is 14.2. The zero-order chi connectivity index (χ0) is 22.9. The summed E-state index contributed by atoms with van der Waals surface area (Å²) >= 11 is 0. The Balaban J connectivity index is 1.71. The van der Waals surface area contributed by atoms with Gasteiger partial charge in [-0.05, 0) is 42.7 Å². The minimum atomic E-state index is -0.841. The van der Waals surface area contributed by atoms with Gasteiger partial charge < -0.3 is 4.90 Å². The Morgan fingerprint density at radius 1 is 1.09 bits per heavy atom. The molecule has 3 aromatic rings. The van der Waals surface area contributed by atoms with Gasteiger partial charge in [-0.2, -0.15) is 0 Å². The van der Waals surface area contributed by atoms with Crippen molar-refractivity contribution in [2.24, 2.45) is 0 Å². The fourth-order valence-corrected chi connectivity index (χ4v) is 4.07. The number of hydrogen-bond donors (Lipinski definition) is 0. The molecular formula is C25H26F2N4O. The van der Waals surface area contributed by atoms with Crippen LogP contribution in [0, 0.1) is 11.6 Å². The maximum absolute atomic E-state index is 14.2. The number of carbonyl (C=O) groups is 1. The highest BCUT2D eigenvalue weighted by atomic mass is 19.1. The molecule has 166 valence electrons. The second kappa shape index (κ2) is 8.73. The van der Waals surface area contributed by atoms with E-state index in [9.17, 15) is 13.6 Å². The molecule has 1 aliphatic heterocycles. The third-order valence-corrected chi connectivity index (χ3v) is 5.75. The van der Waals surface area contributed by atoms with E-state index in [4.69, 9.17) is 4.98 Å². The highest BCUT2D eigenvalue weighted by Crippen LogP contribution is 2.35. The van der Waals surface area contributed by atoms with Crippen molar-refractivity contribution in [3.05, 3.63) is 77.6 Å². The number of carbonyl (C=O) groups excluding carboxylic acids is 1. The number of pyridine rings is 1. The number of rotatable bonds is 3. The molecule has 5 nitrogen and oxygen atoms in total. The first-order chi connectivity index (χ1) is 15.3. The number of halogens is 2. The minimum Gasteiger partial charge on any atom is -0.338 e. The van der Waals surface area contributed by atoms with Gasteiger partial charge in [0, 0.05) is 48.6 Å². The van der Waals surface area contributed by atoms with Gasteiger partial charge in [0.1, 0.15) is 23.0 Å². The Bertz CT molecular complexity index is 1110. The van der Waals surface area contributed by atoms with Crippen LogP contribution in [-0.2, 0) is 5.41 Å². The smallest absolute Gasteiger partial charge is 0.259 e. The monoisotopic (exact) mass is 436 g/mol. The Hall–Kier alpha value is -3.22. The van der Waals surface area contributed by atoms with Crippen molar-refractivity contribution in [2.75, 3.05) is 13.1 Å². The Labute approximate surface area is 186 Å². The Morgan fingerprint density at radius 3 is 2.44 bits per heavy atom. The lowest BCUT2D eigenvalue weighted by molar-refractivity contribution is 0.0696. The fourth-order valence-electron chi connectivity index (χ4n) is 4.07. The molecule has 4 rings (SSSR count). The van der Waals surface area contributed by atoms with Gasteiger partial charge in [0.2, 0.25) is 0 Å². The van der Waals surface area contributed by atoms with Crippen LogP contribution in [0.1, 0.15) is 61.4 Å². The topological polar surface area (TPSA) is 59.0 Å². The predicted octanol–water partition coefficient (Wildman–Crippen LogP) is 5.13. The predicted molar refractivity (Wildman–Crippen MR) is 118 cm³/mol. The molecule has 1 aromatic carbocycles. The second-order valence-corrected chi connectivity index (χ2v) is 9.17. The molecule has 0 saturated carbocycles. The molecule has 0 spiro atoms. The Kier molecular flexibility index (Phi) is 6.00. The molecule has 1 fully saturated rings. The van der Waals surface area contributed by atoms with Crippen LogP contribution in [0.4, 0.5) is 8.78 Å². The van der Waals surface area contributed by atoms with Crippen LogP contribution >= 0.6 is 0 Å². The fraction of sp³-hybridized carbons (Fsp3) is 0.360. The summed E-state index contributed by atoms with van der Waals surface area (Å²) in [5, 5.41) is 0. The lowest BCUT2D eigenvalue weighted by Gasteiger charge is -2.34. The summed E-state index contributed by atoms with van der Waals surface area (Å²) in [5.74, 6) is -1.66.